The van der Waals surface area contributed by atoms with Crippen LogP contribution in [0.1, 0.15) is 49.9 Å². The van der Waals surface area contributed by atoms with Crippen LogP contribution in [0.25, 0.3) is 0 Å². The summed E-state index contributed by atoms with van der Waals surface area (Å²) in [6.45, 7) is 4.86. The van der Waals surface area contributed by atoms with Gasteiger partial charge < -0.3 is 10.6 Å². The number of hydrogen-bond acceptors (Lipinski definition) is 3. The second-order valence-corrected chi connectivity index (χ2v) is 6.25. The standard InChI is InChI=1S/C15H22BrN3O/c1-3-12(7-10-5-6-10)19-15(20)13-8-11(16)9-18-14(13)17-4-2/h8-10,12H,3-7H2,1-2H3,(H,17,18)(H,19,20). The van der Waals surface area contributed by atoms with E-state index in [4.69, 9.17) is 0 Å². The molecular formula is C15H22BrN3O. The van der Waals surface area contributed by atoms with Crippen molar-refractivity contribution in [2.45, 2.75) is 45.6 Å². The van der Waals surface area contributed by atoms with Crippen LogP contribution in [0.15, 0.2) is 16.7 Å². The van der Waals surface area contributed by atoms with Gasteiger partial charge in [-0.15, -0.1) is 0 Å². The third-order valence-corrected chi connectivity index (χ3v) is 4.02. The molecule has 4 nitrogen and oxygen atoms in total. The number of carbonyl (C=O) groups is 1. The summed E-state index contributed by atoms with van der Waals surface area (Å²) < 4.78 is 0.819. The molecule has 0 bridgehead atoms. The summed E-state index contributed by atoms with van der Waals surface area (Å²) in [6, 6.07) is 2.09. The Balaban J connectivity index is 2.07. The average Bonchev–Trinajstić information content (AvgIpc) is 3.24. The Morgan fingerprint density at radius 3 is 2.85 bits per heavy atom. The first-order valence-electron chi connectivity index (χ1n) is 7.34. The lowest BCUT2D eigenvalue weighted by Crippen LogP contribution is -2.35. The molecule has 1 saturated carbocycles. The Hall–Kier alpha value is -1.10. The van der Waals surface area contributed by atoms with Crippen LogP contribution in [0.4, 0.5) is 5.82 Å². The lowest BCUT2D eigenvalue weighted by Gasteiger charge is -2.18. The Bertz CT molecular complexity index is 474. The summed E-state index contributed by atoms with van der Waals surface area (Å²) in [5.41, 5.74) is 0.607. The van der Waals surface area contributed by atoms with E-state index in [1.807, 2.05) is 13.0 Å². The summed E-state index contributed by atoms with van der Waals surface area (Å²) in [5, 5.41) is 6.28. The van der Waals surface area contributed by atoms with Gasteiger partial charge >= 0.3 is 0 Å². The molecule has 110 valence electrons. The Morgan fingerprint density at radius 2 is 2.25 bits per heavy atom. The van der Waals surface area contributed by atoms with E-state index < -0.39 is 0 Å². The van der Waals surface area contributed by atoms with Gasteiger partial charge in [0, 0.05) is 23.3 Å². The molecule has 0 aliphatic heterocycles. The molecular weight excluding hydrogens is 318 g/mol. The number of anilines is 1. The first-order valence-corrected chi connectivity index (χ1v) is 8.13. The third kappa shape index (κ3) is 4.20. The molecule has 1 aliphatic rings. The molecule has 20 heavy (non-hydrogen) atoms. The third-order valence-electron chi connectivity index (χ3n) is 3.59. The van der Waals surface area contributed by atoms with Crippen molar-refractivity contribution < 1.29 is 4.79 Å². The molecule has 1 unspecified atom stereocenters. The number of pyridine rings is 1. The van der Waals surface area contributed by atoms with Crippen molar-refractivity contribution in [1.29, 1.82) is 0 Å². The number of aromatic nitrogens is 1. The van der Waals surface area contributed by atoms with Crippen LogP contribution in [-0.4, -0.2) is 23.5 Å². The summed E-state index contributed by atoms with van der Waals surface area (Å²) >= 11 is 3.38. The molecule has 1 aromatic heterocycles. The predicted molar refractivity (Wildman–Crippen MR) is 85.0 cm³/mol. The van der Waals surface area contributed by atoms with Crippen molar-refractivity contribution in [3.63, 3.8) is 0 Å². The van der Waals surface area contributed by atoms with E-state index >= 15 is 0 Å². The minimum absolute atomic E-state index is 0.0396. The van der Waals surface area contributed by atoms with Crippen molar-refractivity contribution in [1.82, 2.24) is 10.3 Å². The average molecular weight is 340 g/mol. The van der Waals surface area contributed by atoms with Crippen LogP contribution >= 0.6 is 15.9 Å². The highest BCUT2D eigenvalue weighted by Gasteiger charge is 2.26. The highest BCUT2D eigenvalue weighted by atomic mass is 79.9. The van der Waals surface area contributed by atoms with Crippen LogP contribution in [0, 0.1) is 5.92 Å². The molecule has 1 fully saturated rings. The highest BCUT2D eigenvalue weighted by Crippen LogP contribution is 2.34. The zero-order valence-electron chi connectivity index (χ0n) is 12.1. The van der Waals surface area contributed by atoms with E-state index in [9.17, 15) is 4.79 Å². The van der Waals surface area contributed by atoms with Gasteiger partial charge in [0.15, 0.2) is 0 Å². The molecule has 1 heterocycles. The number of carbonyl (C=O) groups excluding carboxylic acids is 1. The Morgan fingerprint density at radius 1 is 1.50 bits per heavy atom. The second-order valence-electron chi connectivity index (χ2n) is 5.34. The molecule has 2 N–H and O–H groups in total. The number of amides is 1. The Labute approximate surface area is 128 Å². The van der Waals surface area contributed by atoms with Gasteiger partial charge in [-0.2, -0.15) is 0 Å². The van der Waals surface area contributed by atoms with Crippen molar-refractivity contribution in [3.8, 4) is 0 Å². The van der Waals surface area contributed by atoms with E-state index in [-0.39, 0.29) is 11.9 Å². The van der Waals surface area contributed by atoms with Crippen LogP contribution < -0.4 is 10.6 Å². The molecule has 5 heteroatoms. The van der Waals surface area contributed by atoms with E-state index in [1.54, 1.807) is 6.20 Å². The zero-order chi connectivity index (χ0) is 14.5. The lowest BCUT2D eigenvalue weighted by molar-refractivity contribution is 0.0933. The molecule has 1 aliphatic carbocycles. The van der Waals surface area contributed by atoms with E-state index in [0.717, 1.165) is 29.8 Å². The van der Waals surface area contributed by atoms with Gasteiger partial charge in [-0.05, 0) is 47.7 Å². The van der Waals surface area contributed by atoms with Crippen molar-refractivity contribution in [2.24, 2.45) is 5.92 Å². The molecule has 0 aromatic carbocycles. The van der Waals surface area contributed by atoms with Crippen LogP contribution in [0.3, 0.4) is 0 Å². The van der Waals surface area contributed by atoms with Gasteiger partial charge in [-0.25, -0.2) is 4.98 Å². The van der Waals surface area contributed by atoms with Gasteiger partial charge in [0.25, 0.3) is 5.91 Å². The van der Waals surface area contributed by atoms with Crippen molar-refractivity contribution in [3.05, 3.63) is 22.3 Å². The minimum Gasteiger partial charge on any atom is -0.370 e. The molecule has 2 rings (SSSR count). The smallest absolute Gasteiger partial charge is 0.255 e. The Kier molecular flexibility index (Phi) is 5.40. The lowest BCUT2D eigenvalue weighted by atomic mass is 10.1. The molecule has 1 amide bonds. The van der Waals surface area contributed by atoms with Gasteiger partial charge in [0.2, 0.25) is 0 Å². The van der Waals surface area contributed by atoms with Gasteiger partial charge in [0.1, 0.15) is 5.82 Å². The number of nitrogens with one attached hydrogen (secondary N) is 2. The zero-order valence-corrected chi connectivity index (χ0v) is 13.7. The number of nitrogens with zero attached hydrogens (tertiary/aromatic N) is 1. The van der Waals surface area contributed by atoms with Gasteiger partial charge in [0.05, 0.1) is 5.56 Å². The van der Waals surface area contributed by atoms with Crippen molar-refractivity contribution >= 4 is 27.7 Å². The van der Waals surface area contributed by atoms with E-state index in [0.29, 0.717) is 11.4 Å². The number of halogens is 1. The SMILES string of the molecule is CCNc1ncc(Br)cc1C(=O)NC(CC)CC1CC1. The van der Waals surface area contributed by atoms with Crippen LogP contribution in [0.5, 0.6) is 0 Å². The molecule has 0 saturated heterocycles. The monoisotopic (exact) mass is 339 g/mol. The predicted octanol–water partition coefficient (Wildman–Crippen LogP) is 3.58. The first kappa shape index (κ1) is 15.3. The summed E-state index contributed by atoms with van der Waals surface area (Å²) in [6.07, 6.45) is 6.40. The highest BCUT2D eigenvalue weighted by molar-refractivity contribution is 9.10. The molecule has 1 atom stereocenters. The maximum absolute atomic E-state index is 12.5. The first-order chi connectivity index (χ1) is 9.63. The van der Waals surface area contributed by atoms with E-state index in [1.165, 1.54) is 12.8 Å². The number of rotatable bonds is 7. The van der Waals surface area contributed by atoms with Gasteiger partial charge in [-0.3, -0.25) is 4.79 Å². The van der Waals surface area contributed by atoms with E-state index in [2.05, 4.69) is 38.5 Å². The van der Waals surface area contributed by atoms with Gasteiger partial charge in [-0.1, -0.05) is 19.8 Å². The topological polar surface area (TPSA) is 54.0 Å². The maximum Gasteiger partial charge on any atom is 0.255 e. The van der Waals surface area contributed by atoms with Crippen molar-refractivity contribution in [2.75, 3.05) is 11.9 Å². The second kappa shape index (κ2) is 7.07. The van der Waals surface area contributed by atoms with Crippen LogP contribution in [0.2, 0.25) is 0 Å². The fourth-order valence-corrected chi connectivity index (χ4v) is 2.60. The fourth-order valence-electron chi connectivity index (χ4n) is 2.27. The summed E-state index contributed by atoms with van der Waals surface area (Å²) in [5.74, 6) is 1.42. The fraction of sp³-hybridized carbons (Fsp3) is 0.600. The summed E-state index contributed by atoms with van der Waals surface area (Å²) in [4.78, 5) is 16.7. The summed E-state index contributed by atoms with van der Waals surface area (Å²) in [7, 11) is 0. The molecule has 0 spiro atoms. The largest absolute Gasteiger partial charge is 0.370 e. The number of hydrogen-bond donors (Lipinski definition) is 2. The molecule has 0 radical (unpaired) electrons. The minimum atomic E-state index is -0.0396. The normalized spacial score (nSPS) is 15.8. The molecule has 1 aromatic rings. The maximum atomic E-state index is 12.5. The quantitative estimate of drug-likeness (QED) is 0.798. The van der Waals surface area contributed by atoms with Crippen LogP contribution in [-0.2, 0) is 0 Å².